The molecule has 2 saturated heterocycles. The van der Waals surface area contributed by atoms with E-state index < -0.39 is 5.82 Å². The molecule has 3 atom stereocenters. The molecule has 2 aliphatic rings. The SMILES string of the molecule is Cc1ccccc1[C@@H]1[C@H]2CNC[C@H]2CN1C(=O)c1ncccc1F.Cl. The largest absolute Gasteiger partial charge is 0.329 e. The predicted molar refractivity (Wildman–Crippen MR) is 96.2 cm³/mol. The number of carbonyl (C=O) groups excluding carboxylic acids is 1. The Morgan fingerprint density at radius 3 is 2.80 bits per heavy atom. The van der Waals surface area contributed by atoms with E-state index >= 15 is 0 Å². The third-order valence-corrected chi connectivity index (χ3v) is 5.29. The van der Waals surface area contributed by atoms with Crippen molar-refractivity contribution >= 4 is 18.3 Å². The van der Waals surface area contributed by atoms with E-state index in [4.69, 9.17) is 0 Å². The van der Waals surface area contributed by atoms with Crippen molar-refractivity contribution in [2.75, 3.05) is 19.6 Å². The highest BCUT2D eigenvalue weighted by molar-refractivity contribution is 5.93. The van der Waals surface area contributed by atoms with Gasteiger partial charge in [-0.05, 0) is 36.1 Å². The van der Waals surface area contributed by atoms with Crippen molar-refractivity contribution in [2.24, 2.45) is 11.8 Å². The number of amides is 1. The van der Waals surface area contributed by atoms with Crippen molar-refractivity contribution in [2.45, 2.75) is 13.0 Å². The molecule has 2 aliphatic heterocycles. The van der Waals surface area contributed by atoms with Crippen LogP contribution in [0.15, 0.2) is 42.6 Å². The first-order chi connectivity index (χ1) is 11.7. The Labute approximate surface area is 152 Å². The summed E-state index contributed by atoms with van der Waals surface area (Å²) in [6, 6.07) is 10.9. The average Bonchev–Trinajstić information content (AvgIpc) is 3.16. The van der Waals surface area contributed by atoms with Gasteiger partial charge in [-0.2, -0.15) is 0 Å². The number of aromatic nitrogens is 1. The molecule has 25 heavy (non-hydrogen) atoms. The molecule has 0 aliphatic carbocycles. The van der Waals surface area contributed by atoms with Crippen LogP contribution in [0.1, 0.15) is 27.7 Å². The van der Waals surface area contributed by atoms with Crippen LogP contribution in [-0.2, 0) is 0 Å². The highest BCUT2D eigenvalue weighted by Crippen LogP contribution is 2.44. The normalized spacial score (nSPS) is 24.7. The fourth-order valence-electron chi connectivity index (χ4n) is 4.13. The smallest absolute Gasteiger partial charge is 0.276 e. The van der Waals surface area contributed by atoms with Gasteiger partial charge < -0.3 is 10.2 Å². The Morgan fingerprint density at radius 2 is 2.04 bits per heavy atom. The van der Waals surface area contributed by atoms with Crippen LogP contribution in [0.4, 0.5) is 4.39 Å². The first-order valence-electron chi connectivity index (χ1n) is 8.34. The number of nitrogens with one attached hydrogen (secondary N) is 1. The van der Waals surface area contributed by atoms with Crippen molar-refractivity contribution in [3.05, 3.63) is 65.2 Å². The summed E-state index contributed by atoms with van der Waals surface area (Å²) in [5, 5.41) is 3.43. The molecule has 132 valence electrons. The molecule has 3 heterocycles. The fourth-order valence-corrected chi connectivity index (χ4v) is 4.13. The fraction of sp³-hybridized carbons (Fsp3) is 0.368. The summed E-state index contributed by atoms with van der Waals surface area (Å²) in [4.78, 5) is 18.8. The maximum atomic E-state index is 14.1. The number of nitrogens with zero attached hydrogens (tertiary/aromatic N) is 2. The van der Waals surface area contributed by atoms with E-state index in [1.807, 2.05) is 17.0 Å². The number of rotatable bonds is 2. The lowest BCUT2D eigenvalue weighted by atomic mass is 9.87. The lowest BCUT2D eigenvalue weighted by molar-refractivity contribution is 0.0702. The second-order valence-electron chi connectivity index (χ2n) is 6.67. The van der Waals surface area contributed by atoms with Gasteiger partial charge in [0.25, 0.3) is 5.91 Å². The van der Waals surface area contributed by atoms with Gasteiger partial charge in [0, 0.05) is 31.7 Å². The highest BCUT2D eigenvalue weighted by Gasteiger charge is 2.47. The first kappa shape index (κ1) is 17.8. The molecule has 2 fully saturated rings. The number of hydrogen-bond donors (Lipinski definition) is 1. The van der Waals surface area contributed by atoms with E-state index in [0.717, 1.165) is 24.2 Å². The van der Waals surface area contributed by atoms with Crippen LogP contribution < -0.4 is 5.32 Å². The Hall–Kier alpha value is -1.98. The Bertz CT molecular complexity index is 785. The summed E-state index contributed by atoms with van der Waals surface area (Å²) in [5.41, 5.74) is 2.23. The molecule has 1 aromatic carbocycles. The molecule has 2 aromatic rings. The standard InChI is InChI=1S/C19H20FN3O.ClH/c1-12-5-2-3-6-14(12)18-15-10-21-9-13(15)11-23(18)19(24)17-16(20)7-4-8-22-17;/h2-8,13,15,18,21H,9-11H2,1H3;1H/t13-,15-,18+;/m0./s1. The molecule has 0 radical (unpaired) electrons. The van der Waals surface area contributed by atoms with E-state index in [2.05, 4.69) is 29.4 Å². The van der Waals surface area contributed by atoms with Crippen LogP contribution in [-0.4, -0.2) is 35.4 Å². The number of carbonyl (C=O) groups is 1. The van der Waals surface area contributed by atoms with Crippen molar-refractivity contribution in [1.29, 1.82) is 0 Å². The summed E-state index contributed by atoms with van der Waals surface area (Å²) in [6.45, 7) is 4.50. The van der Waals surface area contributed by atoms with Gasteiger partial charge in [0.1, 0.15) is 0 Å². The zero-order valence-electron chi connectivity index (χ0n) is 14.0. The number of aryl methyl sites for hydroxylation is 1. The van der Waals surface area contributed by atoms with Crippen molar-refractivity contribution in [3.8, 4) is 0 Å². The van der Waals surface area contributed by atoms with Gasteiger partial charge >= 0.3 is 0 Å². The zero-order chi connectivity index (χ0) is 16.7. The maximum absolute atomic E-state index is 14.1. The van der Waals surface area contributed by atoms with Crippen LogP contribution >= 0.6 is 12.4 Å². The van der Waals surface area contributed by atoms with Crippen LogP contribution in [0, 0.1) is 24.6 Å². The molecule has 0 spiro atoms. The lowest BCUT2D eigenvalue weighted by Gasteiger charge is -2.29. The monoisotopic (exact) mass is 361 g/mol. The van der Waals surface area contributed by atoms with E-state index in [1.54, 1.807) is 0 Å². The van der Waals surface area contributed by atoms with E-state index in [9.17, 15) is 9.18 Å². The first-order valence-corrected chi connectivity index (χ1v) is 8.34. The zero-order valence-corrected chi connectivity index (χ0v) is 14.8. The Kier molecular flexibility index (Phi) is 5.06. The summed E-state index contributed by atoms with van der Waals surface area (Å²) in [6.07, 6.45) is 1.47. The van der Waals surface area contributed by atoms with E-state index in [1.165, 1.54) is 18.3 Å². The highest BCUT2D eigenvalue weighted by atomic mass is 35.5. The van der Waals surface area contributed by atoms with Crippen LogP contribution in [0.2, 0.25) is 0 Å². The Morgan fingerprint density at radius 1 is 1.24 bits per heavy atom. The van der Waals surface area contributed by atoms with Gasteiger partial charge in [-0.25, -0.2) is 9.37 Å². The average molecular weight is 362 g/mol. The lowest BCUT2D eigenvalue weighted by Crippen LogP contribution is -2.36. The third kappa shape index (κ3) is 3.02. The topological polar surface area (TPSA) is 45.2 Å². The number of halogens is 2. The van der Waals surface area contributed by atoms with Crippen LogP contribution in [0.5, 0.6) is 0 Å². The quantitative estimate of drug-likeness (QED) is 0.894. The summed E-state index contributed by atoms with van der Waals surface area (Å²) in [7, 11) is 0. The molecule has 4 rings (SSSR count). The predicted octanol–water partition coefficient (Wildman–Crippen LogP) is 2.98. The van der Waals surface area contributed by atoms with Gasteiger partial charge in [0.2, 0.25) is 0 Å². The van der Waals surface area contributed by atoms with Crippen LogP contribution in [0.3, 0.4) is 0 Å². The minimum Gasteiger partial charge on any atom is -0.329 e. The van der Waals surface area contributed by atoms with E-state index in [0.29, 0.717) is 18.4 Å². The third-order valence-electron chi connectivity index (χ3n) is 5.29. The summed E-state index contributed by atoms with van der Waals surface area (Å²) >= 11 is 0. The molecular weight excluding hydrogens is 341 g/mol. The molecule has 6 heteroatoms. The van der Waals surface area contributed by atoms with Gasteiger partial charge in [-0.3, -0.25) is 4.79 Å². The minimum atomic E-state index is -0.554. The van der Waals surface area contributed by atoms with Crippen LogP contribution in [0.25, 0.3) is 0 Å². The molecule has 0 unspecified atom stereocenters. The van der Waals surface area contributed by atoms with Gasteiger partial charge in [-0.15, -0.1) is 12.4 Å². The number of pyridine rings is 1. The molecular formula is C19H21ClFN3O. The van der Waals surface area contributed by atoms with Crippen molar-refractivity contribution in [3.63, 3.8) is 0 Å². The molecule has 0 bridgehead atoms. The van der Waals surface area contributed by atoms with Gasteiger partial charge in [0.15, 0.2) is 11.5 Å². The van der Waals surface area contributed by atoms with Gasteiger partial charge in [-0.1, -0.05) is 24.3 Å². The Balaban J connectivity index is 0.00000182. The number of hydrogen-bond acceptors (Lipinski definition) is 3. The maximum Gasteiger partial charge on any atom is 0.276 e. The summed E-state index contributed by atoms with van der Waals surface area (Å²) < 4.78 is 14.1. The molecule has 1 amide bonds. The van der Waals surface area contributed by atoms with Crippen molar-refractivity contribution < 1.29 is 9.18 Å². The second kappa shape index (κ2) is 7.10. The van der Waals surface area contributed by atoms with Crippen molar-refractivity contribution in [1.82, 2.24) is 15.2 Å². The molecule has 1 N–H and O–H groups in total. The molecule has 1 aromatic heterocycles. The van der Waals surface area contributed by atoms with Gasteiger partial charge in [0.05, 0.1) is 6.04 Å². The van der Waals surface area contributed by atoms with E-state index in [-0.39, 0.29) is 30.0 Å². The molecule has 4 nitrogen and oxygen atoms in total. The summed E-state index contributed by atoms with van der Waals surface area (Å²) in [5.74, 6) is -0.0934. The minimum absolute atomic E-state index is 0. The number of likely N-dealkylation sites (tertiary alicyclic amines) is 1. The number of fused-ring (bicyclic) bond motifs is 1. The number of benzene rings is 1. The molecule has 0 saturated carbocycles. The second-order valence-corrected chi connectivity index (χ2v) is 6.67.